The lowest BCUT2D eigenvalue weighted by Crippen LogP contribution is -2.41. The zero-order chi connectivity index (χ0) is 13.8. The summed E-state index contributed by atoms with van der Waals surface area (Å²) in [6.07, 6.45) is 1.05. The highest BCUT2D eigenvalue weighted by Gasteiger charge is 2.27. The van der Waals surface area contributed by atoms with Gasteiger partial charge in [-0.2, -0.15) is 5.26 Å². The van der Waals surface area contributed by atoms with Crippen LogP contribution in [-0.2, 0) is 0 Å². The third kappa shape index (κ3) is 2.77. The maximum Gasteiger partial charge on any atom is 0.150 e. The molecule has 0 aliphatic heterocycles. The minimum Gasteiger partial charge on any atom is -0.394 e. The summed E-state index contributed by atoms with van der Waals surface area (Å²) in [5, 5.41) is 20.7. The van der Waals surface area contributed by atoms with Gasteiger partial charge in [0, 0.05) is 0 Å². The fourth-order valence-electron chi connectivity index (χ4n) is 1.71. The van der Waals surface area contributed by atoms with Crippen LogP contribution in [0.2, 0.25) is 0 Å². The maximum absolute atomic E-state index is 13.7. The van der Waals surface area contributed by atoms with Crippen molar-refractivity contribution in [3.63, 3.8) is 0 Å². The molecule has 0 heterocycles. The van der Waals surface area contributed by atoms with Crippen LogP contribution in [0.25, 0.3) is 0 Å². The van der Waals surface area contributed by atoms with Crippen LogP contribution >= 0.6 is 0 Å². The average Bonchev–Trinajstić information content (AvgIpc) is 2.39. The molecule has 0 radical (unpaired) electrons. The molecular formula is C13H16F2N2O. The molecule has 0 aliphatic carbocycles. The number of nitrogens with zero attached hydrogens (tertiary/aromatic N) is 1. The molecule has 0 saturated carbocycles. The number of anilines is 1. The highest BCUT2D eigenvalue weighted by molar-refractivity contribution is 5.52. The third-order valence-electron chi connectivity index (χ3n) is 3.22. The summed E-state index contributed by atoms with van der Waals surface area (Å²) in [4.78, 5) is 0. The van der Waals surface area contributed by atoms with Gasteiger partial charge in [-0.3, -0.25) is 0 Å². The quantitative estimate of drug-likeness (QED) is 0.849. The molecule has 0 atom stereocenters. The Bertz CT molecular complexity index is 433. The van der Waals surface area contributed by atoms with E-state index in [1.165, 1.54) is 0 Å². The molecule has 18 heavy (non-hydrogen) atoms. The van der Waals surface area contributed by atoms with Gasteiger partial charge in [0.25, 0.3) is 0 Å². The molecule has 5 heteroatoms. The van der Waals surface area contributed by atoms with Crippen LogP contribution in [0.5, 0.6) is 0 Å². The number of benzene rings is 1. The van der Waals surface area contributed by atoms with Gasteiger partial charge in [0.1, 0.15) is 5.69 Å². The molecule has 0 saturated heterocycles. The Kier molecular flexibility index (Phi) is 4.62. The van der Waals surface area contributed by atoms with Gasteiger partial charge >= 0.3 is 0 Å². The van der Waals surface area contributed by atoms with E-state index in [4.69, 9.17) is 5.26 Å². The monoisotopic (exact) mass is 254 g/mol. The fourth-order valence-corrected chi connectivity index (χ4v) is 1.71. The molecular weight excluding hydrogens is 238 g/mol. The highest BCUT2D eigenvalue weighted by Crippen LogP contribution is 2.27. The topological polar surface area (TPSA) is 56.0 Å². The van der Waals surface area contributed by atoms with Crippen molar-refractivity contribution >= 4 is 5.69 Å². The van der Waals surface area contributed by atoms with E-state index >= 15 is 0 Å². The van der Waals surface area contributed by atoms with Gasteiger partial charge < -0.3 is 10.4 Å². The van der Waals surface area contributed by atoms with Gasteiger partial charge in [0.05, 0.1) is 23.8 Å². The van der Waals surface area contributed by atoms with E-state index in [1.807, 2.05) is 13.8 Å². The summed E-state index contributed by atoms with van der Waals surface area (Å²) < 4.78 is 27.4. The molecule has 3 nitrogen and oxygen atoms in total. The summed E-state index contributed by atoms with van der Waals surface area (Å²) >= 11 is 0. The summed E-state index contributed by atoms with van der Waals surface area (Å²) in [6.45, 7) is 3.43. The highest BCUT2D eigenvalue weighted by atomic mass is 19.1. The molecule has 0 amide bonds. The first-order valence-electron chi connectivity index (χ1n) is 5.80. The predicted molar refractivity (Wildman–Crippen MR) is 65.1 cm³/mol. The Hall–Kier alpha value is -1.67. The zero-order valence-corrected chi connectivity index (χ0v) is 10.4. The van der Waals surface area contributed by atoms with Crippen LogP contribution in [-0.4, -0.2) is 17.3 Å². The van der Waals surface area contributed by atoms with Gasteiger partial charge in [-0.05, 0) is 25.0 Å². The van der Waals surface area contributed by atoms with Gasteiger partial charge in [-0.1, -0.05) is 13.8 Å². The molecule has 1 rings (SSSR count). The first-order chi connectivity index (χ1) is 8.51. The molecule has 0 fully saturated rings. The first kappa shape index (κ1) is 14.4. The smallest absolute Gasteiger partial charge is 0.150 e. The summed E-state index contributed by atoms with van der Waals surface area (Å²) in [6, 6.07) is 3.63. The van der Waals surface area contributed by atoms with Crippen LogP contribution in [0.3, 0.4) is 0 Å². The van der Waals surface area contributed by atoms with Crippen molar-refractivity contribution in [2.45, 2.75) is 32.2 Å². The second-order valence-electron chi connectivity index (χ2n) is 4.20. The van der Waals surface area contributed by atoms with Crippen molar-refractivity contribution < 1.29 is 13.9 Å². The van der Waals surface area contributed by atoms with E-state index in [1.54, 1.807) is 6.07 Å². The van der Waals surface area contributed by atoms with Gasteiger partial charge in [0.15, 0.2) is 11.6 Å². The van der Waals surface area contributed by atoms with Crippen molar-refractivity contribution in [2.75, 3.05) is 11.9 Å². The number of nitriles is 1. The lowest BCUT2D eigenvalue weighted by molar-refractivity contribution is 0.201. The number of aliphatic hydroxyl groups is 1. The van der Waals surface area contributed by atoms with E-state index in [0.717, 1.165) is 12.1 Å². The summed E-state index contributed by atoms with van der Waals surface area (Å²) in [7, 11) is 0. The summed E-state index contributed by atoms with van der Waals surface area (Å²) in [5.74, 6) is -1.66. The van der Waals surface area contributed by atoms with E-state index in [9.17, 15) is 13.9 Å². The molecule has 0 unspecified atom stereocenters. The number of halogens is 2. The maximum atomic E-state index is 13.7. The van der Waals surface area contributed by atoms with E-state index in [-0.39, 0.29) is 17.9 Å². The lowest BCUT2D eigenvalue weighted by Gasteiger charge is -2.32. The van der Waals surface area contributed by atoms with Crippen molar-refractivity contribution in [2.24, 2.45) is 0 Å². The van der Waals surface area contributed by atoms with E-state index in [0.29, 0.717) is 12.8 Å². The molecule has 98 valence electrons. The largest absolute Gasteiger partial charge is 0.394 e. The minimum atomic E-state index is -0.828. The Morgan fingerprint density at radius 1 is 1.28 bits per heavy atom. The van der Waals surface area contributed by atoms with Crippen LogP contribution in [0, 0.1) is 23.0 Å². The Labute approximate surface area is 105 Å². The third-order valence-corrected chi connectivity index (χ3v) is 3.22. The van der Waals surface area contributed by atoms with Crippen LogP contribution in [0.15, 0.2) is 12.1 Å². The number of hydrogen-bond acceptors (Lipinski definition) is 3. The Morgan fingerprint density at radius 3 is 2.11 bits per heavy atom. The van der Waals surface area contributed by atoms with Gasteiger partial charge in [-0.15, -0.1) is 0 Å². The normalized spacial score (nSPS) is 11.1. The van der Waals surface area contributed by atoms with Gasteiger partial charge in [-0.25, -0.2) is 8.78 Å². The number of rotatable bonds is 5. The molecule has 1 aromatic rings. The standard InChI is InChI=1S/C13H16F2N2O/c1-3-13(4-2,8-18)17-12-10(14)5-9(7-16)6-11(12)15/h5-6,17-18H,3-4,8H2,1-2H3. The van der Waals surface area contributed by atoms with Crippen molar-refractivity contribution in [1.29, 1.82) is 5.26 Å². The number of aliphatic hydroxyl groups excluding tert-OH is 1. The minimum absolute atomic E-state index is 0.0712. The molecule has 0 bridgehead atoms. The van der Waals surface area contributed by atoms with Crippen molar-refractivity contribution in [3.8, 4) is 6.07 Å². The lowest BCUT2D eigenvalue weighted by atomic mass is 9.93. The number of nitrogens with one attached hydrogen (secondary N) is 1. The van der Waals surface area contributed by atoms with Crippen LogP contribution in [0.1, 0.15) is 32.3 Å². The SMILES string of the molecule is CCC(CC)(CO)Nc1c(F)cc(C#N)cc1F. The molecule has 1 aromatic carbocycles. The van der Waals surface area contributed by atoms with Gasteiger partial charge in [0.2, 0.25) is 0 Å². The predicted octanol–water partition coefficient (Wildman–Crippen LogP) is 2.80. The average molecular weight is 254 g/mol. The van der Waals surface area contributed by atoms with Crippen molar-refractivity contribution in [3.05, 3.63) is 29.3 Å². The first-order valence-corrected chi connectivity index (χ1v) is 5.80. The molecule has 0 aliphatic rings. The Morgan fingerprint density at radius 2 is 1.78 bits per heavy atom. The Balaban J connectivity index is 3.15. The second-order valence-corrected chi connectivity index (χ2v) is 4.20. The molecule has 2 N–H and O–H groups in total. The molecule has 0 aromatic heterocycles. The second kappa shape index (κ2) is 5.78. The number of hydrogen-bond donors (Lipinski definition) is 2. The van der Waals surface area contributed by atoms with E-state index in [2.05, 4.69) is 5.32 Å². The van der Waals surface area contributed by atoms with Crippen molar-refractivity contribution in [1.82, 2.24) is 0 Å². The van der Waals surface area contributed by atoms with Crippen LogP contribution < -0.4 is 5.32 Å². The summed E-state index contributed by atoms with van der Waals surface area (Å²) in [5.41, 5.74) is -1.12. The fraction of sp³-hybridized carbons (Fsp3) is 0.462. The van der Waals surface area contributed by atoms with Crippen LogP contribution in [0.4, 0.5) is 14.5 Å². The van der Waals surface area contributed by atoms with E-state index < -0.39 is 17.2 Å². The zero-order valence-electron chi connectivity index (χ0n) is 10.4. The molecule has 0 spiro atoms.